The highest BCUT2D eigenvalue weighted by Gasteiger charge is 2.20. The van der Waals surface area contributed by atoms with Gasteiger partial charge in [0.2, 0.25) is 0 Å². The van der Waals surface area contributed by atoms with E-state index in [1.54, 1.807) is 17.4 Å². The van der Waals surface area contributed by atoms with Crippen molar-refractivity contribution in [2.24, 2.45) is 0 Å². The summed E-state index contributed by atoms with van der Waals surface area (Å²) >= 11 is 1.62. The Hall–Kier alpha value is -1.46. The quantitative estimate of drug-likeness (QED) is 0.885. The molecule has 0 unspecified atom stereocenters. The van der Waals surface area contributed by atoms with Gasteiger partial charge in [0.25, 0.3) is 0 Å². The molecule has 2 aromatic rings. The standard InChI is InChI=1S/C16H20FN3S/c1-11-19-14(10-21-11)9-20(2)16-6-3-12(7-15(16)17)8-18-13-4-5-13/h3,6-7,10,13,18H,4-5,8-9H2,1-2H3. The predicted molar refractivity (Wildman–Crippen MR) is 85.2 cm³/mol. The van der Waals surface area contributed by atoms with Crippen molar-refractivity contribution in [1.29, 1.82) is 0 Å². The van der Waals surface area contributed by atoms with E-state index in [-0.39, 0.29) is 5.82 Å². The Morgan fingerprint density at radius 1 is 1.43 bits per heavy atom. The maximum absolute atomic E-state index is 14.3. The van der Waals surface area contributed by atoms with E-state index in [2.05, 4.69) is 10.3 Å². The molecule has 21 heavy (non-hydrogen) atoms. The number of aromatic nitrogens is 1. The number of nitrogens with one attached hydrogen (secondary N) is 1. The van der Waals surface area contributed by atoms with Crippen molar-refractivity contribution >= 4 is 17.0 Å². The second kappa shape index (κ2) is 6.12. The number of anilines is 1. The van der Waals surface area contributed by atoms with E-state index in [0.717, 1.165) is 22.8 Å². The van der Waals surface area contributed by atoms with E-state index < -0.39 is 0 Å². The number of benzene rings is 1. The molecule has 1 aliphatic carbocycles. The lowest BCUT2D eigenvalue weighted by atomic mass is 10.2. The zero-order valence-electron chi connectivity index (χ0n) is 12.4. The van der Waals surface area contributed by atoms with Gasteiger partial charge >= 0.3 is 0 Å². The molecule has 1 N–H and O–H groups in total. The maximum Gasteiger partial charge on any atom is 0.146 e. The molecule has 0 saturated heterocycles. The van der Waals surface area contributed by atoms with Gasteiger partial charge in [0, 0.05) is 25.0 Å². The predicted octanol–water partition coefficient (Wildman–Crippen LogP) is 3.48. The number of hydrogen-bond acceptors (Lipinski definition) is 4. The fraction of sp³-hybridized carbons (Fsp3) is 0.438. The molecule has 1 aromatic heterocycles. The Bertz CT molecular complexity index is 622. The van der Waals surface area contributed by atoms with Crippen LogP contribution in [0.4, 0.5) is 10.1 Å². The lowest BCUT2D eigenvalue weighted by Gasteiger charge is -2.19. The average Bonchev–Trinajstić information content (AvgIpc) is 3.19. The van der Waals surface area contributed by atoms with Crippen LogP contribution < -0.4 is 10.2 Å². The first-order chi connectivity index (χ1) is 10.1. The number of aryl methyl sites for hydroxylation is 1. The third-order valence-electron chi connectivity index (χ3n) is 3.66. The van der Waals surface area contributed by atoms with Crippen LogP contribution in [0.25, 0.3) is 0 Å². The number of nitrogens with zero attached hydrogens (tertiary/aromatic N) is 2. The van der Waals surface area contributed by atoms with Gasteiger partial charge < -0.3 is 10.2 Å². The first-order valence-corrected chi connectivity index (χ1v) is 8.14. The summed E-state index contributed by atoms with van der Waals surface area (Å²) in [5, 5.41) is 6.47. The highest BCUT2D eigenvalue weighted by atomic mass is 32.1. The summed E-state index contributed by atoms with van der Waals surface area (Å²) in [7, 11) is 1.90. The molecule has 1 heterocycles. The molecule has 0 aliphatic heterocycles. The van der Waals surface area contributed by atoms with Crippen LogP contribution >= 0.6 is 11.3 Å². The van der Waals surface area contributed by atoms with Crippen molar-refractivity contribution in [2.45, 2.75) is 38.9 Å². The third kappa shape index (κ3) is 3.80. The highest BCUT2D eigenvalue weighted by molar-refractivity contribution is 7.09. The Kier molecular flexibility index (Phi) is 4.22. The monoisotopic (exact) mass is 305 g/mol. The zero-order valence-corrected chi connectivity index (χ0v) is 13.2. The van der Waals surface area contributed by atoms with Gasteiger partial charge in [-0.05, 0) is 37.5 Å². The van der Waals surface area contributed by atoms with Crippen LogP contribution in [0.3, 0.4) is 0 Å². The Morgan fingerprint density at radius 3 is 2.86 bits per heavy atom. The van der Waals surface area contributed by atoms with Crippen LogP contribution in [0.1, 0.15) is 29.1 Å². The molecule has 0 radical (unpaired) electrons. The van der Waals surface area contributed by atoms with Crippen LogP contribution in [0.2, 0.25) is 0 Å². The van der Waals surface area contributed by atoms with Crippen LogP contribution in [0.15, 0.2) is 23.6 Å². The highest BCUT2D eigenvalue weighted by Crippen LogP contribution is 2.23. The number of thiazole rings is 1. The summed E-state index contributed by atoms with van der Waals surface area (Å²) in [4.78, 5) is 6.33. The van der Waals surface area contributed by atoms with E-state index in [1.165, 1.54) is 12.8 Å². The minimum atomic E-state index is -0.167. The van der Waals surface area contributed by atoms with Crippen molar-refractivity contribution in [3.05, 3.63) is 45.7 Å². The van der Waals surface area contributed by atoms with Crippen molar-refractivity contribution in [2.75, 3.05) is 11.9 Å². The lowest BCUT2D eigenvalue weighted by Crippen LogP contribution is -2.19. The van der Waals surface area contributed by atoms with E-state index in [0.29, 0.717) is 18.3 Å². The maximum atomic E-state index is 14.3. The number of hydrogen-bond donors (Lipinski definition) is 1. The fourth-order valence-electron chi connectivity index (χ4n) is 2.33. The van der Waals surface area contributed by atoms with Crippen LogP contribution in [-0.4, -0.2) is 18.1 Å². The summed E-state index contributed by atoms with van der Waals surface area (Å²) in [5.41, 5.74) is 2.61. The molecule has 0 bridgehead atoms. The van der Waals surface area contributed by atoms with E-state index in [9.17, 15) is 4.39 Å². The smallest absolute Gasteiger partial charge is 0.146 e. The van der Waals surface area contributed by atoms with Gasteiger partial charge in [-0.25, -0.2) is 9.37 Å². The van der Waals surface area contributed by atoms with Crippen LogP contribution in [-0.2, 0) is 13.1 Å². The molecular formula is C16H20FN3S. The molecule has 1 saturated carbocycles. The van der Waals surface area contributed by atoms with E-state index >= 15 is 0 Å². The molecular weight excluding hydrogens is 285 g/mol. The zero-order chi connectivity index (χ0) is 14.8. The van der Waals surface area contributed by atoms with Crippen molar-refractivity contribution in [3.8, 4) is 0 Å². The van der Waals surface area contributed by atoms with Crippen molar-refractivity contribution < 1.29 is 4.39 Å². The van der Waals surface area contributed by atoms with Crippen molar-refractivity contribution in [1.82, 2.24) is 10.3 Å². The molecule has 3 rings (SSSR count). The Morgan fingerprint density at radius 2 is 2.24 bits per heavy atom. The molecule has 5 heteroatoms. The lowest BCUT2D eigenvalue weighted by molar-refractivity contribution is 0.614. The molecule has 3 nitrogen and oxygen atoms in total. The van der Waals surface area contributed by atoms with Crippen molar-refractivity contribution in [3.63, 3.8) is 0 Å². The summed E-state index contributed by atoms with van der Waals surface area (Å²) < 4.78 is 14.3. The largest absolute Gasteiger partial charge is 0.366 e. The molecule has 1 aromatic carbocycles. The summed E-state index contributed by atoms with van der Waals surface area (Å²) in [5.74, 6) is -0.167. The van der Waals surface area contributed by atoms with Gasteiger partial charge in [-0.15, -0.1) is 11.3 Å². The first kappa shape index (κ1) is 14.5. The number of halogens is 1. The second-order valence-electron chi connectivity index (χ2n) is 5.65. The van der Waals surface area contributed by atoms with Gasteiger partial charge in [-0.1, -0.05) is 6.07 Å². The van der Waals surface area contributed by atoms with Gasteiger partial charge in [0.15, 0.2) is 0 Å². The topological polar surface area (TPSA) is 28.2 Å². The van der Waals surface area contributed by atoms with Gasteiger partial charge in [-0.2, -0.15) is 0 Å². The SMILES string of the molecule is Cc1nc(CN(C)c2ccc(CNC3CC3)cc2F)cs1. The minimum Gasteiger partial charge on any atom is -0.366 e. The molecule has 0 atom stereocenters. The first-order valence-electron chi connectivity index (χ1n) is 7.26. The summed E-state index contributed by atoms with van der Waals surface area (Å²) in [6, 6.07) is 6.13. The van der Waals surface area contributed by atoms with E-state index in [4.69, 9.17) is 0 Å². The fourth-order valence-corrected chi connectivity index (χ4v) is 2.93. The van der Waals surface area contributed by atoms with E-state index in [1.807, 2.05) is 36.4 Å². The molecule has 1 aliphatic rings. The van der Waals surface area contributed by atoms with Gasteiger partial charge in [0.05, 0.1) is 22.9 Å². The molecule has 0 spiro atoms. The van der Waals surface area contributed by atoms with Crippen LogP contribution in [0, 0.1) is 12.7 Å². The summed E-state index contributed by atoms with van der Waals surface area (Å²) in [6.45, 7) is 3.36. The molecule has 0 amide bonds. The Balaban J connectivity index is 1.65. The van der Waals surface area contributed by atoms with Gasteiger partial charge in [0.1, 0.15) is 5.82 Å². The second-order valence-corrected chi connectivity index (χ2v) is 6.72. The van der Waals surface area contributed by atoms with Gasteiger partial charge in [-0.3, -0.25) is 0 Å². The Labute approximate surface area is 128 Å². The molecule has 1 fully saturated rings. The molecule has 112 valence electrons. The van der Waals surface area contributed by atoms with Crippen LogP contribution in [0.5, 0.6) is 0 Å². The normalized spacial score (nSPS) is 14.4. The third-order valence-corrected chi connectivity index (χ3v) is 4.48. The minimum absolute atomic E-state index is 0.167. The average molecular weight is 305 g/mol. The number of rotatable bonds is 6. The summed E-state index contributed by atoms with van der Waals surface area (Å²) in [6.07, 6.45) is 2.49.